The van der Waals surface area contributed by atoms with Crippen molar-refractivity contribution in [1.82, 2.24) is 9.55 Å². The first kappa shape index (κ1) is 17.5. The molecule has 140 valence electrons. The minimum Gasteiger partial charge on any atom is -0.506 e. The Morgan fingerprint density at radius 2 is 1.89 bits per heavy atom. The van der Waals surface area contributed by atoms with Crippen molar-refractivity contribution in [3.05, 3.63) is 80.4 Å². The van der Waals surface area contributed by atoms with Crippen LogP contribution in [0.2, 0.25) is 0 Å². The molecule has 3 N–H and O–H groups in total. The largest absolute Gasteiger partial charge is 0.506 e. The van der Waals surface area contributed by atoms with Crippen LogP contribution in [-0.2, 0) is 7.05 Å². The Labute approximate surface area is 159 Å². The zero-order chi connectivity index (χ0) is 19.8. The summed E-state index contributed by atoms with van der Waals surface area (Å²) in [6.07, 6.45) is 1.25. The Hall–Kier alpha value is -3.87. The second-order valence-electron chi connectivity index (χ2n) is 6.61. The molecule has 2 aromatic heterocycles. The van der Waals surface area contributed by atoms with E-state index in [0.717, 1.165) is 16.5 Å². The number of aromatic hydroxyl groups is 1. The number of pyridine rings is 2. The molecule has 7 heteroatoms. The molecule has 0 saturated heterocycles. The molecule has 0 aliphatic heterocycles. The number of fused-ring (bicyclic) bond motifs is 2. The fourth-order valence-electron chi connectivity index (χ4n) is 3.19. The number of para-hydroxylation sites is 1. The molecular formula is C21H18N4O3. The van der Waals surface area contributed by atoms with Gasteiger partial charge in [0.1, 0.15) is 11.3 Å². The molecule has 0 saturated carbocycles. The third kappa shape index (κ3) is 2.92. The molecular weight excluding hydrogens is 356 g/mol. The number of hydrazone groups is 1. The number of H-pyrrole nitrogens is 1. The van der Waals surface area contributed by atoms with Crippen LogP contribution in [0.1, 0.15) is 11.1 Å². The number of aromatic amines is 1. The van der Waals surface area contributed by atoms with E-state index in [0.29, 0.717) is 16.6 Å². The maximum Gasteiger partial charge on any atom is 0.261 e. The number of anilines is 1. The smallest absolute Gasteiger partial charge is 0.261 e. The topological polar surface area (TPSA) is 99.5 Å². The molecule has 0 atom stereocenters. The van der Waals surface area contributed by atoms with Crippen LogP contribution in [-0.4, -0.2) is 20.9 Å². The van der Waals surface area contributed by atoms with Crippen molar-refractivity contribution in [3.8, 4) is 5.75 Å². The molecule has 0 spiro atoms. The minimum absolute atomic E-state index is 0.0405. The van der Waals surface area contributed by atoms with E-state index < -0.39 is 5.56 Å². The summed E-state index contributed by atoms with van der Waals surface area (Å²) in [5.41, 5.74) is 5.01. The van der Waals surface area contributed by atoms with Crippen molar-refractivity contribution in [2.24, 2.45) is 12.1 Å². The van der Waals surface area contributed by atoms with Gasteiger partial charge in [-0.15, -0.1) is 0 Å². The van der Waals surface area contributed by atoms with Crippen molar-refractivity contribution in [2.45, 2.75) is 6.92 Å². The predicted octanol–water partition coefficient (Wildman–Crippen LogP) is 2.84. The Morgan fingerprint density at radius 3 is 2.71 bits per heavy atom. The molecule has 2 heterocycles. The standard InChI is InChI=1S/C21H18N4O3/c1-12-7-8-16-14(9-12)20(27)15(21(28)23-16)11-22-24-17-10-19(26)25(2)18-6-4-3-5-13(17)18/h3-11,24H,1-2H3,(H2,23,27,28)/b22-11+. The number of rotatable bonds is 3. The van der Waals surface area contributed by atoms with Gasteiger partial charge in [-0.05, 0) is 25.1 Å². The predicted molar refractivity (Wildman–Crippen MR) is 111 cm³/mol. The summed E-state index contributed by atoms with van der Waals surface area (Å²) in [6.45, 7) is 1.90. The number of aryl methyl sites for hydroxylation is 2. The van der Waals surface area contributed by atoms with Crippen LogP contribution in [0.3, 0.4) is 0 Å². The number of hydrogen-bond donors (Lipinski definition) is 3. The summed E-state index contributed by atoms with van der Waals surface area (Å²) >= 11 is 0. The summed E-state index contributed by atoms with van der Waals surface area (Å²) in [5.74, 6) is -0.137. The Bertz CT molecular complexity index is 1370. The second kappa shape index (κ2) is 6.70. The van der Waals surface area contributed by atoms with Crippen molar-refractivity contribution >= 4 is 33.7 Å². The fraction of sp³-hybridized carbons (Fsp3) is 0.0952. The number of nitrogens with zero attached hydrogens (tertiary/aromatic N) is 2. The van der Waals surface area contributed by atoms with Gasteiger partial charge < -0.3 is 14.7 Å². The van der Waals surface area contributed by atoms with Crippen molar-refractivity contribution in [1.29, 1.82) is 0 Å². The molecule has 0 radical (unpaired) electrons. The van der Waals surface area contributed by atoms with Crippen molar-refractivity contribution in [2.75, 3.05) is 5.43 Å². The van der Waals surface area contributed by atoms with E-state index in [4.69, 9.17) is 0 Å². The number of benzene rings is 2. The third-order valence-electron chi connectivity index (χ3n) is 4.71. The quantitative estimate of drug-likeness (QED) is 0.379. The summed E-state index contributed by atoms with van der Waals surface area (Å²) < 4.78 is 1.55. The normalized spacial score (nSPS) is 11.5. The van der Waals surface area contributed by atoms with E-state index in [1.54, 1.807) is 23.7 Å². The number of nitrogens with one attached hydrogen (secondary N) is 2. The first-order valence-electron chi connectivity index (χ1n) is 8.69. The Kier molecular flexibility index (Phi) is 4.19. The molecule has 0 aliphatic carbocycles. The van der Waals surface area contributed by atoms with Crippen LogP contribution >= 0.6 is 0 Å². The molecule has 0 fully saturated rings. The molecule has 4 rings (SSSR count). The van der Waals surface area contributed by atoms with Crippen LogP contribution in [0, 0.1) is 6.92 Å². The lowest BCUT2D eigenvalue weighted by molar-refractivity contribution is 0.479. The van der Waals surface area contributed by atoms with Gasteiger partial charge in [0, 0.05) is 23.9 Å². The van der Waals surface area contributed by atoms with Crippen molar-refractivity contribution < 1.29 is 5.11 Å². The second-order valence-corrected chi connectivity index (χ2v) is 6.61. The first-order chi connectivity index (χ1) is 13.5. The summed E-state index contributed by atoms with van der Waals surface area (Å²) in [6, 6.07) is 14.3. The number of aromatic nitrogens is 2. The lowest BCUT2D eigenvalue weighted by atomic mass is 10.1. The average Bonchev–Trinajstić information content (AvgIpc) is 2.69. The molecule has 0 aliphatic rings. The van der Waals surface area contributed by atoms with Gasteiger partial charge in [-0.1, -0.05) is 29.8 Å². The molecule has 0 amide bonds. The summed E-state index contributed by atoms with van der Waals surface area (Å²) in [5, 5.41) is 15.9. The summed E-state index contributed by atoms with van der Waals surface area (Å²) in [4.78, 5) is 27.2. The molecule has 2 aromatic carbocycles. The van der Waals surface area contributed by atoms with E-state index in [2.05, 4.69) is 15.5 Å². The maximum absolute atomic E-state index is 12.3. The van der Waals surface area contributed by atoms with E-state index in [-0.39, 0.29) is 16.9 Å². The molecule has 28 heavy (non-hydrogen) atoms. The van der Waals surface area contributed by atoms with Gasteiger partial charge in [-0.25, -0.2) is 0 Å². The van der Waals surface area contributed by atoms with Gasteiger partial charge in [0.2, 0.25) is 0 Å². The molecule has 0 bridgehead atoms. The van der Waals surface area contributed by atoms with Gasteiger partial charge in [-0.2, -0.15) is 5.10 Å². The van der Waals surface area contributed by atoms with E-state index in [1.165, 1.54) is 12.3 Å². The van der Waals surface area contributed by atoms with Crippen LogP contribution < -0.4 is 16.5 Å². The maximum atomic E-state index is 12.3. The highest BCUT2D eigenvalue weighted by molar-refractivity contribution is 5.96. The van der Waals surface area contributed by atoms with Crippen LogP contribution in [0.15, 0.2) is 63.2 Å². The highest BCUT2D eigenvalue weighted by Crippen LogP contribution is 2.25. The van der Waals surface area contributed by atoms with Gasteiger partial charge in [0.25, 0.3) is 11.1 Å². The molecule has 0 unspecified atom stereocenters. The lowest BCUT2D eigenvalue weighted by Crippen LogP contribution is -2.17. The Balaban J connectivity index is 1.76. The van der Waals surface area contributed by atoms with E-state index in [9.17, 15) is 14.7 Å². The molecule has 7 nitrogen and oxygen atoms in total. The average molecular weight is 374 g/mol. The van der Waals surface area contributed by atoms with Gasteiger partial charge in [0.05, 0.1) is 22.9 Å². The van der Waals surface area contributed by atoms with E-state index in [1.807, 2.05) is 37.3 Å². The monoisotopic (exact) mass is 374 g/mol. The zero-order valence-electron chi connectivity index (χ0n) is 15.4. The molecule has 4 aromatic rings. The summed E-state index contributed by atoms with van der Waals surface area (Å²) in [7, 11) is 1.70. The first-order valence-corrected chi connectivity index (χ1v) is 8.69. The lowest BCUT2D eigenvalue weighted by Gasteiger charge is -2.09. The van der Waals surface area contributed by atoms with Gasteiger partial charge in [-0.3, -0.25) is 15.0 Å². The third-order valence-corrected chi connectivity index (χ3v) is 4.71. The van der Waals surface area contributed by atoms with Crippen LogP contribution in [0.25, 0.3) is 21.8 Å². The van der Waals surface area contributed by atoms with Crippen molar-refractivity contribution in [3.63, 3.8) is 0 Å². The van der Waals surface area contributed by atoms with Crippen LogP contribution in [0.4, 0.5) is 5.69 Å². The van der Waals surface area contributed by atoms with Gasteiger partial charge in [0.15, 0.2) is 0 Å². The van der Waals surface area contributed by atoms with Gasteiger partial charge >= 0.3 is 0 Å². The fourth-order valence-corrected chi connectivity index (χ4v) is 3.19. The number of hydrogen-bond acceptors (Lipinski definition) is 5. The highest BCUT2D eigenvalue weighted by Gasteiger charge is 2.10. The van der Waals surface area contributed by atoms with E-state index >= 15 is 0 Å². The Morgan fingerprint density at radius 1 is 1.11 bits per heavy atom. The highest BCUT2D eigenvalue weighted by atomic mass is 16.3. The SMILES string of the molecule is Cc1ccc2[nH]c(=O)c(/C=N/Nc3cc(=O)n(C)c4ccccc34)c(O)c2c1. The zero-order valence-corrected chi connectivity index (χ0v) is 15.4. The minimum atomic E-state index is -0.451. The van der Waals surface area contributed by atoms with Crippen LogP contribution in [0.5, 0.6) is 5.75 Å².